The number of likely N-dealkylation sites (tertiary alicyclic amines) is 1. The molecule has 1 aromatic rings. The van der Waals surface area contributed by atoms with Gasteiger partial charge in [0, 0.05) is 17.5 Å². The molecule has 1 fully saturated rings. The molecule has 1 amide bonds. The predicted octanol–water partition coefficient (Wildman–Crippen LogP) is 2.44. The molecule has 0 aliphatic carbocycles. The molecule has 21 heavy (non-hydrogen) atoms. The molecule has 1 atom stereocenters. The summed E-state index contributed by atoms with van der Waals surface area (Å²) in [7, 11) is 0. The highest BCUT2D eigenvalue weighted by atomic mass is 32.2. The van der Waals surface area contributed by atoms with Gasteiger partial charge in [0.15, 0.2) is 0 Å². The van der Waals surface area contributed by atoms with Crippen molar-refractivity contribution in [1.29, 1.82) is 0 Å². The first-order chi connectivity index (χ1) is 10.3. The molecule has 0 aromatic carbocycles. The normalized spacial score (nSPS) is 19.0. The smallest absolute Gasteiger partial charge is 0.262 e. The topological polar surface area (TPSA) is 52.6 Å². The third-order valence-electron chi connectivity index (χ3n) is 3.92. The summed E-state index contributed by atoms with van der Waals surface area (Å²) in [5.41, 5.74) is 0. The number of thiophene rings is 1. The van der Waals surface area contributed by atoms with E-state index in [4.69, 9.17) is 0 Å². The molecular weight excluding hydrogens is 304 g/mol. The third-order valence-corrected chi connectivity index (χ3v) is 5.75. The SMILES string of the molecule is CSc1ccsc1C(=O)NCCCCN1CCCC1CO. The fourth-order valence-corrected chi connectivity index (χ4v) is 4.41. The fraction of sp³-hybridized carbons (Fsp3) is 0.667. The van der Waals surface area contributed by atoms with E-state index in [9.17, 15) is 9.90 Å². The Labute approximate surface area is 134 Å². The van der Waals surface area contributed by atoms with Crippen molar-refractivity contribution in [2.75, 3.05) is 32.5 Å². The number of aliphatic hydroxyl groups is 1. The highest BCUT2D eigenvalue weighted by Crippen LogP contribution is 2.25. The molecule has 0 saturated carbocycles. The van der Waals surface area contributed by atoms with Gasteiger partial charge in [0.2, 0.25) is 0 Å². The van der Waals surface area contributed by atoms with Crippen LogP contribution in [0.1, 0.15) is 35.4 Å². The second kappa shape index (κ2) is 8.78. The summed E-state index contributed by atoms with van der Waals surface area (Å²) >= 11 is 3.11. The minimum atomic E-state index is 0.0451. The summed E-state index contributed by atoms with van der Waals surface area (Å²) < 4.78 is 0. The maximum absolute atomic E-state index is 12.0. The van der Waals surface area contributed by atoms with Gasteiger partial charge in [-0.15, -0.1) is 23.1 Å². The molecular formula is C15H24N2O2S2. The average Bonchev–Trinajstić information content (AvgIpc) is 3.14. The van der Waals surface area contributed by atoms with Crippen molar-refractivity contribution in [3.8, 4) is 0 Å². The van der Waals surface area contributed by atoms with Crippen molar-refractivity contribution < 1.29 is 9.90 Å². The summed E-state index contributed by atoms with van der Waals surface area (Å²) in [6, 6.07) is 2.35. The standard InChI is InChI=1S/C15H24N2O2S2/c1-20-13-6-10-21-14(13)15(19)16-7-2-3-8-17-9-4-5-12(17)11-18/h6,10,12,18H,2-5,7-9,11H2,1H3,(H,16,19). The van der Waals surface area contributed by atoms with Gasteiger partial charge in [-0.05, 0) is 56.5 Å². The van der Waals surface area contributed by atoms with E-state index in [1.54, 1.807) is 11.8 Å². The molecule has 2 rings (SSSR count). The van der Waals surface area contributed by atoms with Gasteiger partial charge in [0.25, 0.3) is 5.91 Å². The molecule has 0 spiro atoms. The molecule has 1 aromatic heterocycles. The quantitative estimate of drug-likeness (QED) is 0.568. The molecule has 1 aliphatic heterocycles. The Kier molecular flexibility index (Phi) is 7.03. The Morgan fingerprint density at radius 3 is 3.19 bits per heavy atom. The van der Waals surface area contributed by atoms with Gasteiger partial charge in [0.1, 0.15) is 4.88 Å². The number of unbranched alkanes of at least 4 members (excludes halogenated alkanes) is 1. The van der Waals surface area contributed by atoms with E-state index in [0.29, 0.717) is 6.04 Å². The summed E-state index contributed by atoms with van der Waals surface area (Å²) in [5.74, 6) is 0.0451. The van der Waals surface area contributed by atoms with E-state index in [1.165, 1.54) is 17.8 Å². The minimum Gasteiger partial charge on any atom is -0.395 e. The number of carbonyl (C=O) groups is 1. The van der Waals surface area contributed by atoms with E-state index in [1.807, 2.05) is 17.7 Å². The molecule has 4 nitrogen and oxygen atoms in total. The lowest BCUT2D eigenvalue weighted by atomic mass is 10.2. The van der Waals surface area contributed by atoms with Crippen LogP contribution in [0.25, 0.3) is 0 Å². The predicted molar refractivity (Wildman–Crippen MR) is 89.3 cm³/mol. The molecule has 1 aliphatic rings. The lowest BCUT2D eigenvalue weighted by molar-refractivity contribution is 0.0953. The first-order valence-electron chi connectivity index (χ1n) is 7.51. The number of aliphatic hydroxyl groups excluding tert-OH is 1. The van der Waals surface area contributed by atoms with Crippen molar-refractivity contribution >= 4 is 29.0 Å². The van der Waals surface area contributed by atoms with E-state index < -0.39 is 0 Å². The minimum absolute atomic E-state index is 0.0451. The highest BCUT2D eigenvalue weighted by molar-refractivity contribution is 7.98. The van der Waals surface area contributed by atoms with Crippen molar-refractivity contribution in [1.82, 2.24) is 10.2 Å². The van der Waals surface area contributed by atoms with Crippen LogP contribution >= 0.6 is 23.1 Å². The lowest BCUT2D eigenvalue weighted by Crippen LogP contribution is -2.33. The molecule has 1 saturated heterocycles. The Bertz CT molecular complexity index is 451. The number of nitrogens with one attached hydrogen (secondary N) is 1. The Morgan fingerprint density at radius 2 is 2.43 bits per heavy atom. The molecule has 0 bridgehead atoms. The Balaban J connectivity index is 1.62. The van der Waals surface area contributed by atoms with E-state index in [0.717, 1.165) is 48.7 Å². The second-order valence-corrected chi connectivity index (χ2v) is 7.06. The fourth-order valence-electron chi connectivity index (χ4n) is 2.74. The first-order valence-corrected chi connectivity index (χ1v) is 9.61. The maximum atomic E-state index is 12.0. The van der Waals surface area contributed by atoms with Crippen LogP contribution in [0, 0.1) is 0 Å². The number of carbonyl (C=O) groups excluding carboxylic acids is 1. The van der Waals surface area contributed by atoms with Gasteiger partial charge in [-0.2, -0.15) is 0 Å². The lowest BCUT2D eigenvalue weighted by Gasteiger charge is -2.22. The molecule has 2 N–H and O–H groups in total. The molecule has 1 unspecified atom stereocenters. The van der Waals surface area contributed by atoms with Crippen molar-refractivity contribution in [3.05, 3.63) is 16.3 Å². The van der Waals surface area contributed by atoms with Crippen LogP contribution in [0.5, 0.6) is 0 Å². The average molecular weight is 329 g/mol. The summed E-state index contributed by atoms with van der Waals surface area (Å²) in [4.78, 5) is 16.3. The number of nitrogens with zero attached hydrogens (tertiary/aromatic N) is 1. The summed E-state index contributed by atoms with van der Waals surface area (Å²) in [6.45, 7) is 3.12. The zero-order chi connectivity index (χ0) is 15.1. The number of rotatable bonds is 8. The summed E-state index contributed by atoms with van der Waals surface area (Å²) in [5, 5.41) is 14.2. The van der Waals surface area contributed by atoms with Crippen LogP contribution < -0.4 is 5.32 Å². The van der Waals surface area contributed by atoms with Crippen molar-refractivity contribution in [3.63, 3.8) is 0 Å². The van der Waals surface area contributed by atoms with Gasteiger partial charge in [-0.1, -0.05) is 0 Å². The zero-order valence-electron chi connectivity index (χ0n) is 12.5. The molecule has 2 heterocycles. The Morgan fingerprint density at radius 1 is 1.57 bits per heavy atom. The third kappa shape index (κ3) is 4.71. The highest BCUT2D eigenvalue weighted by Gasteiger charge is 2.22. The molecule has 0 radical (unpaired) electrons. The second-order valence-electron chi connectivity index (χ2n) is 5.30. The van der Waals surface area contributed by atoms with Crippen LogP contribution in [0.3, 0.4) is 0 Å². The van der Waals surface area contributed by atoms with Gasteiger partial charge in [0.05, 0.1) is 6.61 Å². The van der Waals surface area contributed by atoms with Gasteiger partial charge >= 0.3 is 0 Å². The number of amides is 1. The van der Waals surface area contributed by atoms with E-state index in [2.05, 4.69) is 10.2 Å². The van der Waals surface area contributed by atoms with Crippen LogP contribution in [0.4, 0.5) is 0 Å². The van der Waals surface area contributed by atoms with Crippen LogP contribution in [0.15, 0.2) is 16.3 Å². The first kappa shape index (κ1) is 16.8. The number of hydrogen-bond donors (Lipinski definition) is 2. The molecule has 6 heteroatoms. The monoisotopic (exact) mass is 328 g/mol. The number of hydrogen-bond acceptors (Lipinski definition) is 5. The van der Waals surface area contributed by atoms with Crippen LogP contribution in [-0.2, 0) is 0 Å². The van der Waals surface area contributed by atoms with Gasteiger partial charge in [-0.25, -0.2) is 0 Å². The number of thioether (sulfide) groups is 1. The Hall–Kier alpha value is -0.560. The summed E-state index contributed by atoms with van der Waals surface area (Å²) in [6.07, 6.45) is 6.35. The largest absolute Gasteiger partial charge is 0.395 e. The maximum Gasteiger partial charge on any atom is 0.262 e. The van der Waals surface area contributed by atoms with Crippen LogP contribution in [-0.4, -0.2) is 54.5 Å². The van der Waals surface area contributed by atoms with Crippen molar-refractivity contribution in [2.45, 2.75) is 36.6 Å². The van der Waals surface area contributed by atoms with E-state index >= 15 is 0 Å². The van der Waals surface area contributed by atoms with Crippen molar-refractivity contribution in [2.24, 2.45) is 0 Å². The van der Waals surface area contributed by atoms with Gasteiger partial charge in [-0.3, -0.25) is 9.69 Å². The van der Waals surface area contributed by atoms with E-state index in [-0.39, 0.29) is 12.5 Å². The van der Waals surface area contributed by atoms with Crippen LogP contribution in [0.2, 0.25) is 0 Å². The molecule has 118 valence electrons. The van der Waals surface area contributed by atoms with Gasteiger partial charge < -0.3 is 10.4 Å². The zero-order valence-corrected chi connectivity index (χ0v) is 14.1.